The molecule has 0 aliphatic heterocycles. The summed E-state index contributed by atoms with van der Waals surface area (Å²) in [7, 11) is 0. The molecule has 0 saturated carbocycles. The summed E-state index contributed by atoms with van der Waals surface area (Å²) in [4.78, 5) is 45.8. The molecule has 0 heterocycles. The number of carbonyl (C=O) groups is 4. The van der Waals surface area contributed by atoms with Gasteiger partial charge in [-0.25, -0.2) is 0 Å². The molecule has 4 heteroatoms. The largest absolute Gasteiger partial charge is 0.294 e. The van der Waals surface area contributed by atoms with Crippen LogP contribution in [0.2, 0.25) is 0 Å². The van der Waals surface area contributed by atoms with Crippen molar-refractivity contribution >= 4 is 23.1 Å². The molecule has 16 heavy (non-hydrogen) atoms. The quantitative estimate of drug-likeness (QED) is 0.609. The highest BCUT2D eigenvalue weighted by Crippen LogP contribution is 2.30. The second kappa shape index (κ2) is 2.72. The summed E-state index contributed by atoms with van der Waals surface area (Å²) in [5, 5.41) is 0. The summed E-state index contributed by atoms with van der Waals surface area (Å²) >= 11 is 0. The summed E-state index contributed by atoms with van der Waals surface area (Å²) in [5.74, 6) is -1.07. The van der Waals surface area contributed by atoms with Crippen LogP contribution in [-0.4, -0.2) is 23.1 Å². The van der Waals surface area contributed by atoms with Gasteiger partial charge in [0.15, 0.2) is 23.1 Å². The standard InChI is InChI=1S/C12H6O4/c13-9-3-11(15)7-2-8-6(1-5(7)9)10(14)4-12(8)16/h1-2H,3-4H2. The van der Waals surface area contributed by atoms with Crippen molar-refractivity contribution in [2.75, 3.05) is 0 Å². The van der Waals surface area contributed by atoms with Gasteiger partial charge in [-0.1, -0.05) is 0 Å². The lowest BCUT2D eigenvalue weighted by Crippen LogP contribution is -1.98. The van der Waals surface area contributed by atoms with E-state index >= 15 is 0 Å². The van der Waals surface area contributed by atoms with Crippen LogP contribution in [0.5, 0.6) is 0 Å². The monoisotopic (exact) mass is 214 g/mol. The van der Waals surface area contributed by atoms with Crippen LogP contribution in [0.15, 0.2) is 12.1 Å². The molecule has 0 bridgehead atoms. The maximum Gasteiger partial charge on any atom is 0.171 e. The fourth-order valence-electron chi connectivity index (χ4n) is 2.20. The number of fused-ring (bicyclic) bond motifs is 2. The Morgan fingerprint density at radius 3 is 1.06 bits per heavy atom. The van der Waals surface area contributed by atoms with E-state index in [1.54, 1.807) is 0 Å². The Bertz CT molecular complexity index is 495. The fraction of sp³-hybridized carbons (Fsp3) is 0.167. The van der Waals surface area contributed by atoms with Crippen LogP contribution in [-0.2, 0) is 0 Å². The molecule has 1 aromatic rings. The van der Waals surface area contributed by atoms with Crippen LogP contribution >= 0.6 is 0 Å². The van der Waals surface area contributed by atoms with Crippen molar-refractivity contribution in [3.63, 3.8) is 0 Å². The van der Waals surface area contributed by atoms with E-state index < -0.39 is 0 Å². The van der Waals surface area contributed by atoms with Crippen LogP contribution < -0.4 is 0 Å². The lowest BCUT2D eigenvalue weighted by molar-refractivity contribution is 0.0910. The number of ketones is 4. The van der Waals surface area contributed by atoms with E-state index in [2.05, 4.69) is 0 Å². The zero-order valence-corrected chi connectivity index (χ0v) is 8.20. The second-order valence-electron chi connectivity index (χ2n) is 3.99. The van der Waals surface area contributed by atoms with E-state index in [-0.39, 0.29) is 58.2 Å². The number of benzene rings is 1. The topological polar surface area (TPSA) is 68.3 Å². The van der Waals surface area contributed by atoms with Crippen LogP contribution in [0.4, 0.5) is 0 Å². The highest BCUT2D eigenvalue weighted by molar-refractivity contribution is 6.29. The van der Waals surface area contributed by atoms with Crippen LogP contribution in [0, 0.1) is 0 Å². The van der Waals surface area contributed by atoms with Gasteiger partial charge in [-0.05, 0) is 12.1 Å². The van der Waals surface area contributed by atoms with E-state index in [0.717, 1.165) is 0 Å². The first-order valence-corrected chi connectivity index (χ1v) is 4.89. The molecule has 1 aromatic carbocycles. The van der Waals surface area contributed by atoms with Crippen molar-refractivity contribution in [3.8, 4) is 0 Å². The van der Waals surface area contributed by atoms with E-state index in [4.69, 9.17) is 0 Å². The van der Waals surface area contributed by atoms with Gasteiger partial charge in [-0.15, -0.1) is 0 Å². The predicted molar refractivity (Wildman–Crippen MR) is 53.0 cm³/mol. The summed E-state index contributed by atoms with van der Waals surface area (Å²) in [6, 6.07) is 2.79. The number of rotatable bonds is 0. The Kier molecular flexibility index (Phi) is 1.56. The Balaban J connectivity index is 2.33. The van der Waals surface area contributed by atoms with Gasteiger partial charge in [-0.2, -0.15) is 0 Å². The molecule has 0 radical (unpaired) electrons. The van der Waals surface area contributed by atoms with Crippen molar-refractivity contribution < 1.29 is 19.2 Å². The van der Waals surface area contributed by atoms with Gasteiger partial charge in [-0.3, -0.25) is 19.2 Å². The van der Waals surface area contributed by atoms with Crippen LogP contribution in [0.1, 0.15) is 54.3 Å². The molecule has 2 aliphatic carbocycles. The zero-order chi connectivity index (χ0) is 11.4. The van der Waals surface area contributed by atoms with Gasteiger partial charge in [0.25, 0.3) is 0 Å². The number of hydrogen-bond donors (Lipinski definition) is 0. The number of carbonyl (C=O) groups excluding carboxylic acids is 4. The first-order valence-electron chi connectivity index (χ1n) is 4.89. The van der Waals surface area contributed by atoms with Crippen molar-refractivity contribution in [2.45, 2.75) is 12.8 Å². The third kappa shape index (κ3) is 0.984. The van der Waals surface area contributed by atoms with Crippen LogP contribution in [0.25, 0.3) is 0 Å². The Labute approximate surface area is 90.3 Å². The van der Waals surface area contributed by atoms with Gasteiger partial charge in [0.05, 0.1) is 12.8 Å². The van der Waals surface area contributed by atoms with E-state index in [9.17, 15) is 19.2 Å². The molecular weight excluding hydrogens is 208 g/mol. The minimum Gasteiger partial charge on any atom is -0.294 e. The van der Waals surface area contributed by atoms with Crippen molar-refractivity contribution in [3.05, 3.63) is 34.4 Å². The smallest absolute Gasteiger partial charge is 0.171 e. The molecule has 0 fully saturated rings. The molecule has 0 spiro atoms. The second-order valence-corrected chi connectivity index (χ2v) is 3.99. The highest BCUT2D eigenvalue weighted by atomic mass is 16.2. The third-order valence-corrected chi connectivity index (χ3v) is 3.00. The molecule has 0 atom stereocenters. The molecule has 3 rings (SSSR count). The molecule has 78 valence electrons. The lowest BCUT2D eigenvalue weighted by Gasteiger charge is -2.00. The molecule has 0 aromatic heterocycles. The molecule has 0 amide bonds. The predicted octanol–water partition coefficient (Wildman–Crippen LogP) is 1.22. The van der Waals surface area contributed by atoms with Crippen molar-refractivity contribution in [1.29, 1.82) is 0 Å². The molecule has 0 N–H and O–H groups in total. The Hall–Kier alpha value is -2.10. The first-order chi connectivity index (χ1) is 7.58. The minimum absolute atomic E-state index is 0.152. The van der Waals surface area contributed by atoms with Gasteiger partial charge >= 0.3 is 0 Å². The van der Waals surface area contributed by atoms with E-state index in [1.807, 2.05) is 0 Å². The molecule has 4 nitrogen and oxygen atoms in total. The molecular formula is C12H6O4. The normalized spacial score (nSPS) is 18.0. The van der Waals surface area contributed by atoms with Gasteiger partial charge in [0.1, 0.15) is 0 Å². The Morgan fingerprint density at radius 2 is 0.812 bits per heavy atom. The summed E-state index contributed by atoms with van der Waals surface area (Å²) in [6.07, 6.45) is -0.304. The number of hydrogen-bond acceptors (Lipinski definition) is 4. The highest BCUT2D eigenvalue weighted by Gasteiger charge is 2.34. The van der Waals surface area contributed by atoms with Crippen molar-refractivity contribution in [1.82, 2.24) is 0 Å². The summed E-state index contributed by atoms with van der Waals surface area (Å²) in [6.45, 7) is 0. The maximum absolute atomic E-state index is 11.4. The summed E-state index contributed by atoms with van der Waals surface area (Å²) in [5.41, 5.74) is 1.14. The molecule has 0 unspecified atom stereocenters. The maximum atomic E-state index is 11.4. The fourth-order valence-corrected chi connectivity index (χ4v) is 2.20. The average molecular weight is 214 g/mol. The average Bonchev–Trinajstić information content (AvgIpc) is 2.67. The van der Waals surface area contributed by atoms with Crippen LogP contribution in [0.3, 0.4) is 0 Å². The first kappa shape index (κ1) is 9.15. The van der Waals surface area contributed by atoms with Gasteiger partial charge in [0.2, 0.25) is 0 Å². The SMILES string of the molecule is O=C1CC(=O)c2cc3c(cc21)C(=O)CC3=O. The summed E-state index contributed by atoms with van der Waals surface area (Å²) < 4.78 is 0. The van der Waals surface area contributed by atoms with E-state index in [1.165, 1.54) is 12.1 Å². The van der Waals surface area contributed by atoms with Crippen molar-refractivity contribution in [2.24, 2.45) is 0 Å². The van der Waals surface area contributed by atoms with Gasteiger partial charge in [0, 0.05) is 22.3 Å². The molecule has 2 aliphatic rings. The zero-order valence-electron chi connectivity index (χ0n) is 8.20. The van der Waals surface area contributed by atoms with E-state index in [0.29, 0.717) is 0 Å². The third-order valence-electron chi connectivity index (χ3n) is 3.00. The van der Waals surface area contributed by atoms with Gasteiger partial charge < -0.3 is 0 Å². The Morgan fingerprint density at radius 1 is 0.562 bits per heavy atom. The minimum atomic E-state index is -0.269. The number of Topliss-reactive ketones (excluding diaryl/α,β-unsaturated/α-hetero) is 4. The molecule has 0 saturated heterocycles. The lowest BCUT2D eigenvalue weighted by atomic mass is 10.0.